The number of hydrogen-bond donors (Lipinski definition) is 1. The molecule has 0 aliphatic carbocycles. The minimum atomic E-state index is -0.542. The van der Waals surface area contributed by atoms with Gasteiger partial charge in [-0.1, -0.05) is 0 Å². The maximum absolute atomic E-state index is 10.9. The van der Waals surface area contributed by atoms with Gasteiger partial charge in [0, 0.05) is 11.9 Å². The second-order valence-corrected chi connectivity index (χ2v) is 4.71. The van der Waals surface area contributed by atoms with Gasteiger partial charge in [0.25, 0.3) is 0 Å². The summed E-state index contributed by atoms with van der Waals surface area (Å²) in [6.07, 6.45) is 2.59. The Labute approximate surface area is 117 Å². The molecule has 2 N–H and O–H groups in total. The molecule has 0 spiro atoms. The molecule has 98 valence electrons. The largest absolute Gasteiger partial charge is 0.449 e. The van der Waals surface area contributed by atoms with Crippen molar-refractivity contribution in [3.63, 3.8) is 0 Å². The first-order valence-electron chi connectivity index (χ1n) is 5.31. The lowest BCUT2D eigenvalue weighted by Gasteiger charge is -2.10. The van der Waals surface area contributed by atoms with Crippen LogP contribution < -0.4 is 10.5 Å². The zero-order valence-electron chi connectivity index (χ0n) is 9.96. The van der Waals surface area contributed by atoms with Crippen molar-refractivity contribution in [2.45, 2.75) is 6.92 Å². The van der Waals surface area contributed by atoms with Crippen molar-refractivity contribution in [1.82, 2.24) is 4.98 Å². The van der Waals surface area contributed by atoms with Crippen molar-refractivity contribution in [2.75, 3.05) is 5.73 Å². The number of benzene rings is 1. The molecule has 0 atom stereocenters. The highest BCUT2D eigenvalue weighted by Gasteiger charge is 2.20. The topological polar surface area (TPSA) is 91.3 Å². The number of hydrogen-bond acceptors (Lipinski definition) is 5. The van der Waals surface area contributed by atoms with Crippen LogP contribution in [0.25, 0.3) is 0 Å². The summed E-state index contributed by atoms with van der Waals surface area (Å²) in [7, 11) is 0. The van der Waals surface area contributed by atoms with Crippen molar-refractivity contribution < 1.29 is 9.66 Å². The summed E-state index contributed by atoms with van der Waals surface area (Å²) in [5.41, 5.74) is 6.84. The van der Waals surface area contributed by atoms with Crippen molar-refractivity contribution in [3.05, 3.63) is 50.7 Å². The van der Waals surface area contributed by atoms with Gasteiger partial charge < -0.3 is 10.5 Å². The molecule has 1 heterocycles. The molecule has 0 aliphatic rings. The van der Waals surface area contributed by atoms with Crippen LogP contribution in [0.1, 0.15) is 5.56 Å². The summed E-state index contributed by atoms with van der Waals surface area (Å²) in [4.78, 5) is 14.2. The predicted molar refractivity (Wildman–Crippen MR) is 74.3 cm³/mol. The molecule has 0 saturated heterocycles. The molecule has 0 unspecified atom stereocenters. The van der Waals surface area contributed by atoms with E-state index in [1.165, 1.54) is 6.20 Å². The summed E-state index contributed by atoms with van der Waals surface area (Å²) in [6.45, 7) is 1.81. The first-order valence-corrected chi connectivity index (χ1v) is 6.10. The van der Waals surface area contributed by atoms with Gasteiger partial charge in [-0.3, -0.25) is 15.1 Å². The fourth-order valence-corrected chi connectivity index (χ4v) is 1.94. The molecule has 2 rings (SSSR count). The van der Waals surface area contributed by atoms with Crippen LogP contribution in [0.15, 0.2) is 35.1 Å². The summed E-state index contributed by atoms with van der Waals surface area (Å²) >= 11 is 3.20. The van der Waals surface area contributed by atoms with Crippen molar-refractivity contribution in [3.8, 4) is 11.5 Å². The molecule has 0 saturated carbocycles. The molecule has 0 radical (unpaired) electrons. The Morgan fingerprint density at radius 3 is 2.79 bits per heavy atom. The number of aromatic nitrogens is 1. The molecular weight excluding hydrogens is 314 g/mol. The standard InChI is InChI=1S/C12H10BrN3O3/c1-7-4-8(14)2-3-11(7)19-12-9(13)5-15-6-10(12)16(17)18/h2-6H,14H2,1H3. The number of anilines is 1. The second-order valence-electron chi connectivity index (χ2n) is 3.85. The quantitative estimate of drug-likeness (QED) is 0.530. The lowest BCUT2D eigenvalue weighted by Crippen LogP contribution is -1.97. The SMILES string of the molecule is Cc1cc(N)ccc1Oc1c(Br)cncc1[N+](=O)[O-]. The van der Waals surface area contributed by atoms with Gasteiger partial charge in [-0.05, 0) is 46.6 Å². The molecule has 0 bridgehead atoms. The first kappa shape index (κ1) is 13.3. The highest BCUT2D eigenvalue weighted by molar-refractivity contribution is 9.10. The molecule has 6 nitrogen and oxygen atoms in total. The van der Waals surface area contributed by atoms with Gasteiger partial charge in [0.05, 0.1) is 9.40 Å². The van der Waals surface area contributed by atoms with Crippen LogP contribution in [-0.4, -0.2) is 9.91 Å². The van der Waals surface area contributed by atoms with Crippen LogP contribution in [-0.2, 0) is 0 Å². The molecule has 0 fully saturated rings. The summed E-state index contributed by atoms with van der Waals surface area (Å²) < 4.78 is 6.02. The maximum atomic E-state index is 10.9. The number of nitrogens with zero attached hydrogens (tertiary/aromatic N) is 2. The average Bonchev–Trinajstić information content (AvgIpc) is 2.34. The van der Waals surface area contributed by atoms with E-state index < -0.39 is 4.92 Å². The summed E-state index contributed by atoms with van der Waals surface area (Å²) in [5.74, 6) is 0.622. The Kier molecular flexibility index (Phi) is 3.66. The van der Waals surface area contributed by atoms with Gasteiger partial charge in [0.15, 0.2) is 0 Å². The van der Waals surface area contributed by atoms with Gasteiger partial charge in [-0.25, -0.2) is 0 Å². The van der Waals surface area contributed by atoms with Crippen LogP contribution >= 0.6 is 15.9 Å². The lowest BCUT2D eigenvalue weighted by atomic mass is 10.2. The van der Waals surface area contributed by atoms with Crippen molar-refractivity contribution in [2.24, 2.45) is 0 Å². The third kappa shape index (κ3) is 2.82. The van der Waals surface area contributed by atoms with Crippen LogP contribution in [0, 0.1) is 17.0 Å². The van der Waals surface area contributed by atoms with Crippen LogP contribution in [0.5, 0.6) is 11.5 Å². The molecule has 2 aromatic rings. The molecule has 0 amide bonds. The normalized spacial score (nSPS) is 10.2. The molecule has 1 aromatic carbocycles. The first-order chi connectivity index (χ1) is 8.99. The predicted octanol–water partition coefficient (Wildman–Crippen LogP) is 3.44. The van der Waals surface area contributed by atoms with E-state index in [2.05, 4.69) is 20.9 Å². The fraction of sp³-hybridized carbons (Fsp3) is 0.0833. The molecule has 0 aliphatic heterocycles. The van der Waals surface area contributed by atoms with E-state index in [1.807, 2.05) is 6.92 Å². The number of aryl methyl sites for hydroxylation is 1. The molecular formula is C12H10BrN3O3. The number of halogens is 1. The van der Waals surface area contributed by atoms with Gasteiger partial charge in [-0.15, -0.1) is 0 Å². The Balaban J connectivity index is 2.46. The van der Waals surface area contributed by atoms with Crippen molar-refractivity contribution >= 4 is 27.3 Å². The molecule has 1 aromatic heterocycles. The third-order valence-corrected chi connectivity index (χ3v) is 3.01. The van der Waals surface area contributed by atoms with Crippen LogP contribution in [0.2, 0.25) is 0 Å². The fourth-order valence-electron chi connectivity index (χ4n) is 1.54. The minimum Gasteiger partial charge on any atom is -0.449 e. The van der Waals surface area contributed by atoms with E-state index in [1.54, 1.807) is 18.2 Å². The number of pyridine rings is 1. The third-order valence-electron chi connectivity index (χ3n) is 2.44. The monoisotopic (exact) mass is 323 g/mol. The number of nitrogens with two attached hydrogens (primary N) is 1. The van der Waals surface area contributed by atoms with E-state index in [4.69, 9.17) is 10.5 Å². The van der Waals surface area contributed by atoms with Crippen LogP contribution in [0.3, 0.4) is 0 Å². The van der Waals surface area contributed by atoms with Gasteiger partial charge in [0.1, 0.15) is 11.9 Å². The zero-order valence-corrected chi connectivity index (χ0v) is 11.5. The van der Waals surface area contributed by atoms with Gasteiger partial charge >= 0.3 is 5.69 Å². The van der Waals surface area contributed by atoms with E-state index >= 15 is 0 Å². The zero-order chi connectivity index (χ0) is 14.0. The van der Waals surface area contributed by atoms with Crippen LogP contribution in [0.4, 0.5) is 11.4 Å². The summed E-state index contributed by atoms with van der Waals surface area (Å²) in [5, 5.41) is 10.9. The lowest BCUT2D eigenvalue weighted by molar-refractivity contribution is -0.386. The Morgan fingerprint density at radius 1 is 1.42 bits per heavy atom. The van der Waals surface area contributed by atoms with Gasteiger partial charge in [0.2, 0.25) is 5.75 Å². The maximum Gasteiger partial charge on any atom is 0.330 e. The van der Waals surface area contributed by atoms with E-state index in [0.29, 0.717) is 15.9 Å². The molecule has 7 heteroatoms. The smallest absolute Gasteiger partial charge is 0.330 e. The summed E-state index contributed by atoms with van der Waals surface area (Å²) in [6, 6.07) is 5.07. The highest BCUT2D eigenvalue weighted by atomic mass is 79.9. The number of ether oxygens (including phenoxy) is 1. The second kappa shape index (κ2) is 5.23. The molecule has 19 heavy (non-hydrogen) atoms. The minimum absolute atomic E-state index is 0.118. The van der Waals surface area contributed by atoms with Gasteiger partial charge in [-0.2, -0.15) is 0 Å². The number of rotatable bonds is 3. The average molecular weight is 324 g/mol. The highest BCUT2D eigenvalue weighted by Crippen LogP contribution is 2.38. The van der Waals surface area contributed by atoms with E-state index in [9.17, 15) is 10.1 Å². The Bertz CT molecular complexity index is 646. The van der Waals surface area contributed by atoms with E-state index in [-0.39, 0.29) is 11.4 Å². The van der Waals surface area contributed by atoms with E-state index in [0.717, 1.165) is 11.8 Å². The van der Waals surface area contributed by atoms with Crippen molar-refractivity contribution in [1.29, 1.82) is 0 Å². The number of nitrogen functional groups attached to an aromatic ring is 1. The Morgan fingerprint density at radius 2 is 2.16 bits per heavy atom. The number of nitro groups is 1. The Hall–Kier alpha value is -2.15.